The highest BCUT2D eigenvalue weighted by molar-refractivity contribution is 7.89. The van der Waals surface area contributed by atoms with Crippen LogP contribution in [0.1, 0.15) is 0 Å². The van der Waals surface area contributed by atoms with Crippen molar-refractivity contribution in [1.29, 1.82) is 0 Å². The Bertz CT molecular complexity index is 726. The number of hydrogen-bond acceptors (Lipinski definition) is 6. The largest absolute Gasteiger partial charge is 0.508 e. The second-order valence-corrected chi connectivity index (χ2v) is 6.89. The fourth-order valence-electron chi connectivity index (χ4n) is 2.38. The molecule has 0 atom stereocenters. The molecule has 0 unspecified atom stereocenters. The minimum atomic E-state index is -3.52. The summed E-state index contributed by atoms with van der Waals surface area (Å²) in [5.41, 5.74) is 0. The summed E-state index contributed by atoms with van der Waals surface area (Å²) in [5.74, 6) is 0.801. The van der Waals surface area contributed by atoms with Gasteiger partial charge in [0, 0.05) is 38.6 Å². The van der Waals surface area contributed by atoms with E-state index in [-0.39, 0.29) is 10.6 Å². The van der Waals surface area contributed by atoms with Crippen molar-refractivity contribution in [3.63, 3.8) is 0 Å². The van der Waals surface area contributed by atoms with Crippen LogP contribution in [0, 0.1) is 0 Å². The standard InChI is InChI=1S/C14H16N4O3S/c19-12-1-3-13(4-2-12)22(20,21)18-9-7-17(8-10-18)14-11-15-5-6-16-14/h1-6,11,19H,7-10H2. The van der Waals surface area contributed by atoms with Crippen LogP contribution >= 0.6 is 0 Å². The molecule has 7 nitrogen and oxygen atoms in total. The Morgan fingerprint density at radius 1 is 1.00 bits per heavy atom. The SMILES string of the molecule is O=S(=O)(c1ccc(O)cc1)N1CCN(c2cnccn2)CC1. The normalized spacial score (nSPS) is 16.6. The molecule has 1 saturated heterocycles. The summed E-state index contributed by atoms with van der Waals surface area (Å²) in [7, 11) is -3.52. The Morgan fingerprint density at radius 3 is 2.27 bits per heavy atom. The Kier molecular flexibility index (Phi) is 3.95. The van der Waals surface area contributed by atoms with Crippen molar-refractivity contribution < 1.29 is 13.5 Å². The number of sulfonamides is 1. The molecular formula is C14H16N4O3S. The van der Waals surface area contributed by atoms with Gasteiger partial charge in [-0.15, -0.1) is 0 Å². The maximum absolute atomic E-state index is 12.5. The third-order valence-electron chi connectivity index (χ3n) is 3.59. The smallest absolute Gasteiger partial charge is 0.243 e. The molecule has 1 N–H and O–H groups in total. The molecular weight excluding hydrogens is 304 g/mol. The Hall–Kier alpha value is -2.19. The lowest BCUT2D eigenvalue weighted by Gasteiger charge is -2.34. The molecule has 0 radical (unpaired) electrons. The van der Waals surface area contributed by atoms with E-state index in [9.17, 15) is 13.5 Å². The number of aromatic hydroxyl groups is 1. The van der Waals surface area contributed by atoms with Crippen LogP contribution in [-0.4, -0.2) is 54.0 Å². The predicted octanol–water partition coefficient (Wildman–Crippen LogP) is 0.693. The lowest BCUT2D eigenvalue weighted by Crippen LogP contribution is -2.48. The minimum absolute atomic E-state index is 0.0476. The van der Waals surface area contributed by atoms with Crippen molar-refractivity contribution in [3.8, 4) is 5.75 Å². The molecule has 0 amide bonds. The Labute approximate surface area is 128 Å². The molecule has 0 spiro atoms. The number of piperazine rings is 1. The first-order valence-electron chi connectivity index (χ1n) is 6.87. The molecule has 1 fully saturated rings. The van der Waals surface area contributed by atoms with Gasteiger partial charge in [-0.1, -0.05) is 0 Å². The predicted molar refractivity (Wildman–Crippen MR) is 81.1 cm³/mol. The molecule has 2 aromatic rings. The van der Waals surface area contributed by atoms with E-state index in [1.54, 1.807) is 18.6 Å². The number of anilines is 1. The summed E-state index contributed by atoms with van der Waals surface area (Å²) < 4.78 is 26.5. The molecule has 22 heavy (non-hydrogen) atoms. The maximum atomic E-state index is 12.5. The Morgan fingerprint density at radius 2 is 1.68 bits per heavy atom. The highest BCUT2D eigenvalue weighted by atomic mass is 32.2. The monoisotopic (exact) mass is 320 g/mol. The summed E-state index contributed by atoms with van der Waals surface area (Å²) in [6.07, 6.45) is 4.90. The molecule has 1 aliphatic rings. The van der Waals surface area contributed by atoms with Crippen LogP contribution in [0.15, 0.2) is 47.8 Å². The molecule has 0 saturated carbocycles. The van der Waals surface area contributed by atoms with Crippen molar-refractivity contribution in [3.05, 3.63) is 42.9 Å². The number of aromatic nitrogens is 2. The second kappa shape index (κ2) is 5.90. The number of phenols is 1. The molecule has 0 bridgehead atoms. The minimum Gasteiger partial charge on any atom is -0.508 e. The zero-order valence-electron chi connectivity index (χ0n) is 11.8. The average molecular weight is 320 g/mol. The van der Waals surface area contributed by atoms with Crippen LogP contribution in [0.2, 0.25) is 0 Å². The summed E-state index contributed by atoms with van der Waals surface area (Å²) in [6, 6.07) is 5.59. The quantitative estimate of drug-likeness (QED) is 0.895. The lowest BCUT2D eigenvalue weighted by molar-refractivity contribution is 0.383. The second-order valence-electron chi connectivity index (χ2n) is 4.95. The number of nitrogens with zero attached hydrogens (tertiary/aromatic N) is 4. The van der Waals surface area contributed by atoms with E-state index in [4.69, 9.17) is 0 Å². The fraction of sp³-hybridized carbons (Fsp3) is 0.286. The van der Waals surface area contributed by atoms with E-state index >= 15 is 0 Å². The van der Waals surface area contributed by atoms with Gasteiger partial charge in [0.2, 0.25) is 10.0 Å². The van der Waals surface area contributed by atoms with Crippen molar-refractivity contribution in [2.45, 2.75) is 4.90 Å². The first-order valence-corrected chi connectivity index (χ1v) is 8.31. The van der Waals surface area contributed by atoms with Crippen molar-refractivity contribution in [2.75, 3.05) is 31.1 Å². The van der Waals surface area contributed by atoms with Gasteiger partial charge < -0.3 is 10.0 Å². The number of phenolic OH excluding ortho intramolecular Hbond substituents is 1. The highest BCUT2D eigenvalue weighted by Gasteiger charge is 2.28. The van der Waals surface area contributed by atoms with E-state index in [1.165, 1.54) is 28.6 Å². The number of benzene rings is 1. The topological polar surface area (TPSA) is 86.6 Å². The molecule has 116 valence electrons. The van der Waals surface area contributed by atoms with Gasteiger partial charge in [0.15, 0.2) is 0 Å². The maximum Gasteiger partial charge on any atom is 0.243 e. The summed E-state index contributed by atoms with van der Waals surface area (Å²) in [5, 5.41) is 9.27. The lowest BCUT2D eigenvalue weighted by atomic mass is 10.3. The molecule has 2 heterocycles. The summed E-state index contributed by atoms with van der Waals surface area (Å²) in [6.45, 7) is 1.91. The van der Waals surface area contributed by atoms with Crippen LogP contribution in [0.5, 0.6) is 5.75 Å². The third-order valence-corrected chi connectivity index (χ3v) is 5.50. The van der Waals surface area contributed by atoms with Gasteiger partial charge in [-0.05, 0) is 24.3 Å². The van der Waals surface area contributed by atoms with Crippen LogP contribution < -0.4 is 4.90 Å². The van der Waals surface area contributed by atoms with E-state index < -0.39 is 10.0 Å². The molecule has 1 aromatic carbocycles. The van der Waals surface area contributed by atoms with Crippen LogP contribution in [-0.2, 0) is 10.0 Å². The van der Waals surface area contributed by atoms with Gasteiger partial charge in [-0.2, -0.15) is 4.31 Å². The average Bonchev–Trinajstić information content (AvgIpc) is 2.56. The molecule has 0 aliphatic carbocycles. The zero-order valence-corrected chi connectivity index (χ0v) is 12.6. The fourth-order valence-corrected chi connectivity index (χ4v) is 3.80. The van der Waals surface area contributed by atoms with Crippen LogP contribution in [0.25, 0.3) is 0 Å². The van der Waals surface area contributed by atoms with Gasteiger partial charge in [-0.25, -0.2) is 13.4 Å². The van der Waals surface area contributed by atoms with Crippen LogP contribution in [0.3, 0.4) is 0 Å². The summed E-state index contributed by atoms with van der Waals surface area (Å²) >= 11 is 0. The van der Waals surface area contributed by atoms with E-state index in [2.05, 4.69) is 9.97 Å². The summed E-state index contributed by atoms with van der Waals surface area (Å²) in [4.78, 5) is 10.5. The number of rotatable bonds is 3. The van der Waals surface area contributed by atoms with Crippen LogP contribution in [0.4, 0.5) is 5.82 Å². The molecule has 3 rings (SSSR count). The van der Waals surface area contributed by atoms with Gasteiger partial charge in [0.25, 0.3) is 0 Å². The highest BCUT2D eigenvalue weighted by Crippen LogP contribution is 2.21. The third kappa shape index (κ3) is 2.88. The molecule has 8 heteroatoms. The van der Waals surface area contributed by atoms with Crippen molar-refractivity contribution in [2.24, 2.45) is 0 Å². The molecule has 1 aliphatic heterocycles. The van der Waals surface area contributed by atoms with Crippen molar-refractivity contribution >= 4 is 15.8 Å². The van der Waals surface area contributed by atoms with Gasteiger partial charge >= 0.3 is 0 Å². The van der Waals surface area contributed by atoms with Gasteiger partial charge in [-0.3, -0.25) is 4.98 Å². The number of hydrogen-bond donors (Lipinski definition) is 1. The van der Waals surface area contributed by atoms with Gasteiger partial charge in [0.1, 0.15) is 11.6 Å². The first-order chi connectivity index (χ1) is 10.6. The molecule has 1 aromatic heterocycles. The van der Waals surface area contributed by atoms with E-state index in [0.717, 1.165) is 5.82 Å². The van der Waals surface area contributed by atoms with E-state index in [1.807, 2.05) is 4.90 Å². The van der Waals surface area contributed by atoms with Gasteiger partial charge in [0.05, 0.1) is 11.1 Å². The van der Waals surface area contributed by atoms with E-state index in [0.29, 0.717) is 26.2 Å². The zero-order chi connectivity index (χ0) is 15.6. The Balaban J connectivity index is 1.72. The first kappa shape index (κ1) is 14.7. The van der Waals surface area contributed by atoms with Crippen molar-refractivity contribution in [1.82, 2.24) is 14.3 Å².